The lowest BCUT2D eigenvalue weighted by Gasteiger charge is -2.30. The zero-order valence-corrected chi connectivity index (χ0v) is 14.2. The van der Waals surface area contributed by atoms with E-state index < -0.39 is 0 Å². The molecule has 0 heterocycles. The highest BCUT2D eigenvalue weighted by molar-refractivity contribution is 5.96. The summed E-state index contributed by atoms with van der Waals surface area (Å²) in [6, 6.07) is 7.65. The van der Waals surface area contributed by atoms with Gasteiger partial charge >= 0.3 is 0 Å². The van der Waals surface area contributed by atoms with Crippen LogP contribution < -0.4 is 10.9 Å². The number of anilines is 1. The van der Waals surface area contributed by atoms with Gasteiger partial charge < -0.3 is 4.74 Å². The monoisotopic (exact) mass is 316 g/mol. The van der Waals surface area contributed by atoms with Crippen molar-refractivity contribution in [2.45, 2.75) is 40.5 Å². The summed E-state index contributed by atoms with van der Waals surface area (Å²) in [5.74, 6) is -0.0161. The minimum absolute atomic E-state index is 0.0295. The second kappa shape index (κ2) is 6.86. The van der Waals surface area contributed by atoms with Gasteiger partial charge in [-0.15, -0.1) is 0 Å². The molecule has 5 heteroatoms. The Morgan fingerprint density at radius 1 is 1.26 bits per heavy atom. The van der Waals surface area contributed by atoms with Crippen LogP contribution in [0.4, 0.5) is 5.69 Å². The van der Waals surface area contributed by atoms with Crippen LogP contribution in [0.1, 0.15) is 39.2 Å². The quantitative estimate of drug-likeness (QED) is 0.819. The topological polar surface area (TPSA) is 67.4 Å². The zero-order chi connectivity index (χ0) is 17.0. The fraction of sp³-hybridized carbons (Fsp3) is 0.444. The average Bonchev–Trinajstić information content (AvgIpc) is 2.43. The van der Waals surface area contributed by atoms with Crippen LogP contribution in [0.3, 0.4) is 0 Å². The number of amides is 1. The lowest BCUT2D eigenvalue weighted by molar-refractivity contribution is -0.127. The molecule has 0 spiro atoms. The molecule has 1 aromatic rings. The predicted molar refractivity (Wildman–Crippen MR) is 89.6 cm³/mol. The highest BCUT2D eigenvalue weighted by Crippen LogP contribution is 2.36. The summed E-state index contributed by atoms with van der Waals surface area (Å²) in [5.41, 5.74) is 8.15. The fourth-order valence-corrected chi connectivity index (χ4v) is 2.86. The maximum absolute atomic E-state index is 12.1. The number of hydrogen-bond donors (Lipinski definition) is 2. The standard InChI is InChI=1S/C18H24N2O3/c1-12-6-5-7-14(8-12)19-20-16(22)11-23-17-13(2)9-18(3,4)10-15(17)21/h5-8,19H,9-11H2,1-4H3,(H,20,22). The van der Waals surface area contributed by atoms with E-state index in [1.54, 1.807) is 0 Å². The first-order valence-electron chi connectivity index (χ1n) is 7.74. The number of nitrogens with one attached hydrogen (secondary N) is 2. The number of ether oxygens (including phenoxy) is 1. The van der Waals surface area contributed by atoms with E-state index in [1.165, 1.54) is 0 Å². The molecule has 0 aromatic heterocycles. The number of hydrazine groups is 1. The Morgan fingerprint density at radius 3 is 2.65 bits per heavy atom. The largest absolute Gasteiger partial charge is 0.480 e. The SMILES string of the molecule is CC1=C(OCC(=O)NNc2cccc(C)c2)C(=O)CC(C)(C)C1. The second-order valence-corrected chi connectivity index (χ2v) is 6.88. The van der Waals surface area contributed by atoms with Crippen LogP contribution in [0.15, 0.2) is 35.6 Å². The Kier molecular flexibility index (Phi) is 5.08. The summed E-state index contributed by atoms with van der Waals surface area (Å²) in [4.78, 5) is 24.0. The van der Waals surface area contributed by atoms with Gasteiger partial charge in [-0.25, -0.2) is 0 Å². The first-order valence-corrected chi connectivity index (χ1v) is 7.74. The Labute approximate surface area is 137 Å². The molecule has 0 bridgehead atoms. The molecule has 2 N–H and O–H groups in total. The van der Waals surface area contributed by atoms with Gasteiger partial charge in [0.15, 0.2) is 18.1 Å². The van der Waals surface area contributed by atoms with Crippen molar-refractivity contribution < 1.29 is 14.3 Å². The first kappa shape index (κ1) is 17.1. The molecule has 1 aliphatic carbocycles. The van der Waals surface area contributed by atoms with Gasteiger partial charge in [0.2, 0.25) is 0 Å². The van der Waals surface area contributed by atoms with E-state index >= 15 is 0 Å². The maximum Gasteiger partial charge on any atom is 0.276 e. The van der Waals surface area contributed by atoms with Crippen LogP contribution in [-0.4, -0.2) is 18.3 Å². The number of hydrogen-bond acceptors (Lipinski definition) is 4. The van der Waals surface area contributed by atoms with Crippen molar-refractivity contribution in [1.29, 1.82) is 0 Å². The van der Waals surface area contributed by atoms with Gasteiger partial charge in [-0.1, -0.05) is 26.0 Å². The van der Waals surface area contributed by atoms with E-state index in [0.717, 1.165) is 23.2 Å². The normalized spacial score (nSPS) is 17.0. The smallest absolute Gasteiger partial charge is 0.276 e. The molecule has 0 unspecified atom stereocenters. The van der Waals surface area contributed by atoms with Gasteiger partial charge in [-0.3, -0.25) is 20.4 Å². The minimum atomic E-state index is -0.329. The molecular weight excluding hydrogens is 292 g/mol. The minimum Gasteiger partial charge on any atom is -0.480 e. The highest BCUT2D eigenvalue weighted by Gasteiger charge is 2.32. The lowest BCUT2D eigenvalue weighted by Crippen LogP contribution is -2.34. The van der Waals surface area contributed by atoms with Gasteiger partial charge in [-0.2, -0.15) is 0 Å². The summed E-state index contributed by atoms with van der Waals surface area (Å²) in [6.07, 6.45) is 1.25. The van der Waals surface area contributed by atoms with E-state index in [-0.39, 0.29) is 23.7 Å². The van der Waals surface area contributed by atoms with Crippen LogP contribution in [0.25, 0.3) is 0 Å². The molecule has 0 aliphatic heterocycles. The van der Waals surface area contributed by atoms with E-state index in [0.29, 0.717) is 12.2 Å². The molecule has 0 saturated heterocycles. The van der Waals surface area contributed by atoms with Crippen LogP contribution in [-0.2, 0) is 14.3 Å². The molecular formula is C18H24N2O3. The predicted octanol–water partition coefficient (Wildman–Crippen LogP) is 3.12. The van der Waals surface area contributed by atoms with Gasteiger partial charge in [-0.05, 0) is 49.0 Å². The average molecular weight is 316 g/mol. The van der Waals surface area contributed by atoms with Crippen molar-refractivity contribution in [2.75, 3.05) is 12.0 Å². The third-order valence-electron chi connectivity index (χ3n) is 3.74. The number of ketones is 1. The molecule has 0 radical (unpaired) electrons. The molecule has 0 saturated carbocycles. The van der Waals surface area contributed by atoms with Crippen LogP contribution in [0, 0.1) is 12.3 Å². The molecule has 1 aliphatic rings. The number of aryl methyl sites for hydroxylation is 1. The Hall–Kier alpha value is -2.30. The van der Waals surface area contributed by atoms with Crippen LogP contribution >= 0.6 is 0 Å². The lowest BCUT2D eigenvalue weighted by atomic mass is 9.76. The van der Waals surface area contributed by atoms with E-state index in [9.17, 15) is 9.59 Å². The molecule has 0 atom stereocenters. The Balaban J connectivity index is 1.86. The number of allylic oxidation sites excluding steroid dienone is 2. The number of benzene rings is 1. The van der Waals surface area contributed by atoms with Gasteiger partial charge in [0.05, 0.1) is 5.69 Å². The first-order chi connectivity index (χ1) is 10.8. The highest BCUT2D eigenvalue weighted by atomic mass is 16.5. The van der Waals surface area contributed by atoms with Gasteiger partial charge in [0.25, 0.3) is 5.91 Å². The van der Waals surface area contributed by atoms with E-state index in [1.807, 2.05) is 38.1 Å². The summed E-state index contributed by atoms with van der Waals surface area (Å²) in [5, 5.41) is 0. The van der Waals surface area contributed by atoms with Gasteiger partial charge in [0.1, 0.15) is 0 Å². The molecule has 23 heavy (non-hydrogen) atoms. The summed E-state index contributed by atoms with van der Waals surface area (Å²) < 4.78 is 5.45. The Morgan fingerprint density at radius 2 is 2.00 bits per heavy atom. The van der Waals surface area contributed by atoms with Crippen molar-refractivity contribution in [3.05, 3.63) is 41.2 Å². The molecule has 124 valence electrons. The number of rotatable bonds is 5. The van der Waals surface area contributed by atoms with Gasteiger partial charge in [0, 0.05) is 6.42 Å². The molecule has 1 aromatic carbocycles. The molecule has 0 fully saturated rings. The molecule has 1 amide bonds. The fourth-order valence-electron chi connectivity index (χ4n) is 2.86. The third-order valence-corrected chi connectivity index (χ3v) is 3.74. The van der Waals surface area contributed by atoms with Crippen molar-refractivity contribution in [2.24, 2.45) is 5.41 Å². The third kappa shape index (κ3) is 4.84. The van der Waals surface area contributed by atoms with Crippen molar-refractivity contribution in [1.82, 2.24) is 5.43 Å². The summed E-state index contributed by atoms with van der Waals surface area (Å²) in [7, 11) is 0. The summed E-state index contributed by atoms with van der Waals surface area (Å²) in [6.45, 7) is 7.80. The number of carbonyl (C=O) groups is 2. The van der Waals surface area contributed by atoms with Crippen molar-refractivity contribution >= 4 is 17.4 Å². The Bertz CT molecular complexity index is 647. The second-order valence-electron chi connectivity index (χ2n) is 6.88. The van der Waals surface area contributed by atoms with Crippen molar-refractivity contribution in [3.63, 3.8) is 0 Å². The van der Waals surface area contributed by atoms with E-state index in [2.05, 4.69) is 24.7 Å². The van der Waals surface area contributed by atoms with E-state index in [4.69, 9.17) is 4.74 Å². The maximum atomic E-state index is 12.1. The van der Waals surface area contributed by atoms with Crippen LogP contribution in [0.2, 0.25) is 0 Å². The van der Waals surface area contributed by atoms with Crippen LogP contribution in [0.5, 0.6) is 0 Å². The molecule has 5 nitrogen and oxygen atoms in total. The number of Topliss-reactive ketones (excluding diaryl/α,β-unsaturated/α-hetero) is 1. The summed E-state index contributed by atoms with van der Waals surface area (Å²) >= 11 is 0. The van der Waals surface area contributed by atoms with Crippen molar-refractivity contribution in [3.8, 4) is 0 Å². The number of carbonyl (C=O) groups excluding carboxylic acids is 2. The zero-order valence-electron chi connectivity index (χ0n) is 14.2. The molecule has 2 rings (SSSR count).